The van der Waals surface area contributed by atoms with Crippen molar-refractivity contribution in [3.8, 4) is 0 Å². The van der Waals surface area contributed by atoms with Gasteiger partial charge in [0.1, 0.15) is 4.64 Å². The Morgan fingerprint density at radius 3 is 2.76 bits per heavy atom. The zero-order chi connectivity index (χ0) is 15.5. The summed E-state index contributed by atoms with van der Waals surface area (Å²) in [4.78, 5) is 26.2. The molecule has 21 heavy (non-hydrogen) atoms. The van der Waals surface area contributed by atoms with Crippen LogP contribution in [-0.4, -0.2) is 36.7 Å². The van der Waals surface area contributed by atoms with Crippen LogP contribution in [-0.2, 0) is 14.6 Å². The zero-order valence-electron chi connectivity index (χ0n) is 11.1. The van der Waals surface area contributed by atoms with Crippen LogP contribution in [0.2, 0.25) is 0 Å². The van der Waals surface area contributed by atoms with E-state index in [0.29, 0.717) is 6.42 Å². The average Bonchev–Trinajstić information content (AvgIpc) is 2.75. The number of hydrogen-bond acceptors (Lipinski definition) is 5. The highest BCUT2D eigenvalue weighted by atomic mass is 32.2. The highest BCUT2D eigenvalue weighted by molar-refractivity contribution is 7.91. The molecule has 0 saturated carbocycles. The number of pyridine rings is 1. The molecular weight excluding hydrogens is 314 g/mol. The molecule has 3 N–H and O–H groups in total. The highest BCUT2D eigenvalue weighted by Gasteiger charge is 2.29. The van der Waals surface area contributed by atoms with Crippen LogP contribution in [0.5, 0.6) is 0 Å². The van der Waals surface area contributed by atoms with E-state index < -0.39 is 21.7 Å². The molecule has 1 aliphatic heterocycles. The zero-order valence-corrected chi connectivity index (χ0v) is 12.7. The first-order valence-corrected chi connectivity index (χ1v) is 8.57. The summed E-state index contributed by atoms with van der Waals surface area (Å²) in [5.41, 5.74) is 4.78. The van der Waals surface area contributed by atoms with Gasteiger partial charge in [-0.1, -0.05) is 12.2 Å². The quantitative estimate of drug-likeness (QED) is 0.547. The number of hydrogen-bond donors (Lipinski definition) is 3. The van der Waals surface area contributed by atoms with E-state index in [1.54, 1.807) is 12.3 Å². The molecule has 0 aromatic carbocycles. The van der Waals surface area contributed by atoms with Crippen molar-refractivity contribution in [2.24, 2.45) is 5.92 Å². The van der Waals surface area contributed by atoms with Gasteiger partial charge in [-0.15, -0.1) is 0 Å². The van der Waals surface area contributed by atoms with Gasteiger partial charge in [0.05, 0.1) is 17.1 Å². The number of sulfone groups is 1. The maximum Gasteiger partial charge on any atom is 0.272 e. The number of nitrogens with one attached hydrogen (secondary N) is 3. The van der Waals surface area contributed by atoms with E-state index in [1.165, 1.54) is 6.07 Å². The normalized spacial score (nSPS) is 19.9. The van der Waals surface area contributed by atoms with Crippen LogP contribution in [0.25, 0.3) is 0 Å². The molecule has 1 aliphatic rings. The summed E-state index contributed by atoms with van der Waals surface area (Å²) in [5, 5.41) is 0. The molecule has 7 nitrogen and oxygen atoms in total. The molecule has 1 fully saturated rings. The molecule has 1 aromatic heterocycles. The standard InChI is InChI=1S/C12H15N3O4S2/c16-10(6-8-3-5-21(18,19)7-8)14-15-11(17)9-2-1-4-13-12(9)20/h1-2,4,8H,3,5-7H2,(H,13,20)(H,14,16)(H,15,17). The Hall–Kier alpha value is -1.74. The van der Waals surface area contributed by atoms with Crippen molar-refractivity contribution < 1.29 is 18.0 Å². The van der Waals surface area contributed by atoms with Gasteiger partial charge in [0, 0.05) is 12.6 Å². The Morgan fingerprint density at radius 1 is 1.38 bits per heavy atom. The third-order valence-electron chi connectivity index (χ3n) is 3.18. The van der Waals surface area contributed by atoms with Crippen LogP contribution in [0.15, 0.2) is 18.3 Å². The fourth-order valence-corrected chi connectivity index (χ4v) is 4.23. The summed E-state index contributed by atoms with van der Waals surface area (Å²) >= 11 is 4.95. The number of amides is 2. The van der Waals surface area contributed by atoms with Crippen molar-refractivity contribution in [3.63, 3.8) is 0 Å². The molecule has 0 aliphatic carbocycles. The first-order chi connectivity index (χ1) is 9.87. The second kappa shape index (κ2) is 6.35. The second-order valence-corrected chi connectivity index (χ2v) is 7.53. The van der Waals surface area contributed by atoms with Gasteiger partial charge in [0.2, 0.25) is 5.91 Å². The maximum atomic E-state index is 11.8. The van der Waals surface area contributed by atoms with E-state index in [9.17, 15) is 18.0 Å². The van der Waals surface area contributed by atoms with Gasteiger partial charge in [-0.05, 0) is 24.5 Å². The lowest BCUT2D eigenvalue weighted by atomic mass is 10.1. The molecule has 1 saturated heterocycles. The van der Waals surface area contributed by atoms with Gasteiger partial charge in [0.15, 0.2) is 9.84 Å². The summed E-state index contributed by atoms with van der Waals surface area (Å²) in [7, 11) is -3.01. The van der Waals surface area contributed by atoms with Crippen LogP contribution in [0.4, 0.5) is 0 Å². The van der Waals surface area contributed by atoms with Crippen LogP contribution in [0.3, 0.4) is 0 Å². The van der Waals surface area contributed by atoms with Crippen molar-refractivity contribution in [1.29, 1.82) is 0 Å². The van der Waals surface area contributed by atoms with Gasteiger partial charge in [-0.3, -0.25) is 20.4 Å². The Kier molecular flexibility index (Phi) is 4.73. The van der Waals surface area contributed by atoms with Crippen molar-refractivity contribution in [2.45, 2.75) is 12.8 Å². The molecule has 0 bridgehead atoms. The molecular formula is C12H15N3O4S2. The molecule has 9 heteroatoms. The van der Waals surface area contributed by atoms with Gasteiger partial charge in [-0.2, -0.15) is 0 Å². The molecule has 1 aromatic rings. The van der Waals surface area contributed by atoms with E-state index in [1.807, 2.05) is 0 Å². The van der Waals surface area contributed by atoms with E-state index in [4.69, 9.17) is 12.2 Å². The average molecular weight is 329 g/mol. The largest absolute Gasteiger partial charge is 0.352 e. The van der Waals surface area contributed by atoms with Gasteiger partial charge < -0.3 is 4.98 Å². The SMILES string of the molecule is O=C(CC1CCS(=O)(=O)C1)NNC(=O)c1ccc[nH]c1=S. The minimum absolute atomic E-state index is 0.0261. The van der Waals surface area contributed by atoms with Crippen molar-refractivity contribution in [1.82, 2.24) is 15.8 Å². The third kappa shape index (κ3) is 4.36. The van der Waals surface area contributed by atoms with E-state index in [0.717, 1.165) is 0 Å². The lowest BCUT2D eigenvalue weighted by Gasteiger charge is -2.10. The number of carbonyl (C=O) groups excluding carboxylic acids is 2. The smallest absolute Gasteiger partial charge is 0.272 e. The minimum atomic E-state index is -3.01. The van der Waals surface area contributed by atoms with Gasteiger partial charge >= 0.3 is 0 Å². The molecule has 2 rings (SSSR count). The number of hydrazine groups is 1. The van der Waals surface area contributed by atoms with E-state index in [-0.39, 0.29) is 34.0 Å². The Bertz CT molecular complexity index is 711. The molecule has 0 spiro atoms. The van der Waals surface area contributed by atoms with E-state index >= 15 is 0 Å². The third-order valence-corrected chi connectivity index (χ3v) is 5.35. The monoisotopic (exact) mass is 329 g/mol. The highest BCUT2D eigenvalue weighted by Crippen LogP contribution is 2.21. The lowest BCUT2D eigenvalue weighted by Crippen LogP contribution is -2.42. The van der Waals surface area contributed by atoms with Crippen LogP contribution in [0.1, 0.15) is 23.2 Å². The lowest BCUT2D eigenvalue weighted by molar-refractivity contribution is -0.122. The van der Waals surface area contributed by atoms with Gasteiger partial charge in [-0.25, -0.2) is 8.42 Å². The predicted molar refractivity (Wildman–Crippen MR) is 78.6 cm³/mol. The molecule has 0 radical (unpaired) electrons. The maximum absolute atomic E-state index is 11.8. The topological polar surface area (TPSA) is 108 Å². The fraction of sp³-hybridized carbons (Fsp3) is 0.417. The summed E-state index contributed by atoms with van der Waals surface area (Å²) in [6, 6.07) is 3.15. The molecule has 1 unspecified atom stereocenters. The fourth-order valence-electron chi connectivity index (χ4n) is 2.14. The number of carbonyl (C=O) groups is 2. The second-order valence-electron chi connectivity index (χ2n) is 4.89. The summed E-state index contributed by atoms with van der Waals surface area (Å²) in [6.45, 7) is 0. The number of rotatable bonds is 3. The van der Waals surface area contributed by atoms with E-state index in [2.05, 4.69) is 15.8 Å². The number of aromatic amines is 1. The van der Waals surface area contributed by atoms with Crippen LogP contribution < -0.4 is 10.9 Å². The summed E-state index contributed by atoms with van der Waals surface area (Å²) in [6.07, 6.45) is 2.15. The number of H-pyrrole nitrogens is 1. The Labute approximate surface area is 127 Å². The Balaban J connectivity index is 1.83. The summed E-state index contributed by atoms with van der Waals surface area (Å²) in [5.74, 6) is -0.985. The number of aromatic nitrogens is 1. The van der Waals surface area contributed by atoms with Crippen LogP contribution >= 0.6 is 12.2 Å². The molecule has 2 heterocycles. The first kappa shape index (κ1) is 15.6. The first-order valence-electron chi connectivity index (χ1n) is 6.35. The Morgan fingerprint density at radius 2 is 2.14 bits per heavy atom. The molecule has 2 amide bonds. The molecule has 1 atom stereocenters. The predicted octanol–water partition coefficient (Wildman–Crippen LogP) is 0.330. The van der Waals surface area contributed by atoms with Gasteiger partial charge in [0.25, 0.3) is 5.91 Å². The van der Waals surface area contributed by atoms with Crippen molar-refractivity contribution in [2.75, 3.05) is 11.5 Å². The van der Waals surface area contributed by atoms with Crippen molar-refractivity contribution in [3.05, 3.63) is 28.5 Å². The van der Waals surface area contributed by atoms with Crippen molar-refractivity contribution >= 4 is 33.9 Å². The summed E-state index contributed by atoms with van der Waals surface area (Å²) < 4.78 is 22.9. The minimum Gasteiger partial charge on any atom is -0.352 e. The van der Waals surface area contributed by atoms with Crippen LogP contribution in [0, 0.1) is 10.6 Å². The molecule has 114 valence electrons.